The van der Waals surface area contributed by atoms with Crippen molar-refractivity contribution < 1.29 is 18.0 Å². The molecule has 0 spiro atoms. The van der Waals surface area contributed by atoms with Gasteiger partial charge >= 0.3 is 0 Å². The van der Waals surface area contributed by atoms with Crippen molar-refractivity contribution in [3.05, 3.63) is 21.9 Å². The van der Waals surface area contributed by atoms with Gasteiger partial charge in [0.05, 0.1) is 21.3 Å². The Hall–Kier alpha value is -1.41. The number of amides is 2. The zero-order valence-electron chi connectivity index (χ0n) is 10.1. The zero-order chi connectivity index (χ0) is 14.0. The minimum atomic E-state index is -2.92. The molecule has 1 aliphatic rings. The highest BCUT2D eigenvalue weighted by atomic mass is 32.2. The number of rotatable bonds is 4. The normalized spacial score (nSPS) is 21.2. The van der Waals surface area contributed by atoms with Crippen molar-refractivity contribution in [2.75, 3.05) is 18.1 Å². The summed E-state index contributed by atoms with van der Waals surface area (Å²) in [4.78, 5) is 23.4. The Balaban J connectivity index is 1.89. The topological polar surface area (TPSA) is 106 Å². The van der Waals surface area contributed by atoms with Gasteiger partial charge in [-0.15, -0.1) is 11.3 Å². The molecule has 1 aromatic heterocycles. The van der Waals surface area contributed by atoms with Crippen molar-refractivity contribution in [1.82, 2.24) is 5.32 Å². The van der Waals surface area contributed by atoms with Crippen molar-refractivity contribution in [2.45, 2.75) is 6.42 Å². The van der Waals surface area contributed by atoms with Gasteiger partial charge in [0.25, 0.3) is 11.8 Å². The summed E-state index contributed by atoms with van der Waals surface area (Å²) in [6.45, 7) is 0.335. The lowest BCUT2D eigenvalue weighted by molar-refractivity contribution is 0.0951. The Labute approximate surface area is 114 Å². The molecule has 1 aliphatic heterocycles. The average Bonchev–Trinajstić information content (AvgIpc) is 2.92. The van der Waals surface area contributed by atoms with E-state index >= 15 is 0 Å². The lowest BCUT2D eigenvalue weighted by Crippen LogP contribution is -2.29. The molecule has 1 fully saturated rings. The summed E-state index contributed by atoms with van der Waals surface area (Å²) in [5.74, 6) is -0.569. The number of nitrogens with one attached hydrogen (secondary N) is 1. The molecule has 8 heteroatoms. The molecule has 0 radical (unpaired) electrons. The number of hydrogen-bond acceptors (Lipinski definition) is 5. The second-order valence-electron chi connectivity index (χ2n) is 4.51. The second kappa shape index (κ2) is 5.30. The second-order valence-corrected chi connectivity index (χ2v) is 7.82. The van der Waals surface area contributed by atoms with Crippen LogP contribution < -0.4 is 11.1 Å². The highest BCUT2D eigenvalue weighted by Gasteiger charge is 2.28. The quantitative estimate of drug-likeness (QED) is 0.817. The fraction of sp³-hybridized carbons (Fsp3) is 0.455. The first-order valence-electron chi connectivity index (χ1n) is 5.75. The van der Waals surface area contributed by atoms with E-state index in [1.54, 1.807) is 0 Å². The molecule has 0 saturated carbocycles. The van der Waals surface area contributed by atoms with Crippen molar-refractivity contribution in [1.29, 1.82) is 0 Å². The molecule has 6 nitrogen and oxygen atoms in total. The summed E-state index contributed by atoms with van der Waals surface area (Å²) < 4.78 is 22.5. The van der Waals surface area contributed by atoms with Gasteiger partial charge in [-0.25, -0.2) is 8.42 Å². The van der Waals surface area contributed by atoms with Crippen LogP contribution in [0.3, 0.4) is 0 Å². The summed E-state index contributed by atoms with van der Waals surface area (Å²) in [6, 6.07) is 3.04. The zero-order valence-corrected chi connectivity index (χ0v) is 11.7. The fourth-order valence-corrected chi connectivity index (χ4v) is 4.59. The Morgan fingerprint density at radius 1 is 1.37 bits per heavy atom. The number of hydrogen-bond donors (Lipinski definition) is 2. The molecule has 0 aromatic carbocycles. The Bertz CT molecular complexity index is 606. The molecular weight excluding hydrogens is 288 g/mol. The van der Waals surface area contributed by atoms with Crippen LogP contribution in [-0.4, -0.2) is 38.3 Å². The Morgan fingerprint density at radius 3 is 2.58 bits per heavy atom. The van der Waals surface area contributed by atoms with Gasteiger partial charge in [-0.2, -0.15) is 0 Å². The van der Waals surface area contributed by atoms with Gasteiger partial charge < -0.3 is 11.1 Å². The van der Waals surface area contributed by atoms with E-state index in [0.717, 1.165) is 11.3 Å². The Kier molecular flexibility index (Phi) is 3.91. The van der Waals surface area contributed by atoms with Crippen LogP contribution in [0.5, 0.6) is 0 Å². The van der Waals surface area contributed by atoms with E-state index < -0.39 is 15.7 Å². The molecular formula is C11H14N2O4S2. The van der Waals surface area contributed by atoms with Crippen LogP contribution in [0, 0.1) is 5.92 Å². The van der Waals surface area contributed by atoms with Crippen molar-refractivity contribution in [3.8, 4) is 0 Å². The van der Waals surface area contributed by atoms with Crippen LogP contribution in [0.2, 0.25) is 0 Å². The summed E-state index contributed by atoms with van der Waals surface area (Å²) in [6.07, 6.45) is 0.583. The summed E-state index contributed by atoms with van der Waals surface area (Å²) >= 11 is 1.03. The number of carbonyl (C=O) groups is 2. The molecule has 1 saturated heterocycles. The van der Waals surface area contributed by atoms with Crippen LogP contribution in [0.1, 0.15) is 25.8 Å². The number of sulfone groups is 1. The molecule has 3 N–H and O–H groups in total. The van der Waals surface area contributed by atoms with Crippen LogP contribution in [0.15, 0.2) is 12.1 Å². The highest BCUT2D eigenvalue weighted by molar-refractivity contribution is 7.91. The van der Waals surface area contributed by atoms with E-state index in [1.165, 1.54) is 12.1 Å². The third kappa shape index (κ3) is 3.54. The maximum Gasteiger partial charge on any atom is 0.261 e. The van der Waals surface area contributed by atoms with Gasteiger partial charge in [-0.3, -0.25) is 9.59 Å². The van der Waals surface area contributed by atoms with Crippen molar-refractivity contribution in [2.24, 2.45) is 11.7 Å². The molecule has 0 aliphatic carbocycles. The first-order chi connectivity index (χ1) is 8.87. The van der Waals surface area contributed by atoms with Gasteiger partial charge in [-0.1, -0.05) is 0 Å². The summed E-state index contributed by atoms with van der Waals surface area (Å²) in [5.41, 5.74) is 5.10. The molecule has 2 amide bonds. The molecule has 19 heavy (non-hydrogen) atoms. The molecule has 2 rings (SSSR count). The first kappa shape index (κ1) is 14.0. The van der Waals surface area contributed by atoms with E-state index in [0.29, 0.717) is 22.7 Å². The van der Waals surface area contributed by atoms with E-state index in [9.17, 15) is 18.0 Å². The third-order valence-electron chi connectivity index (χ3n) is 2.95. The minimum Gasteiger partial charge on any atom is -0.365 e. The van der Waals surface area contributed by atoms with Crippen LogP contribution in [0.4, 0.5) is 0 Å². The predicted molar refractivity (Wildman–Crippen MR) is 71.9 cm³/mol. The van der Waals surface area contributed by atoms with E-state index in [-0.39, 0.29) is 23.3 Å². The number of thiophene rings is 1. The molecule has 1 aromatic rings. The number of nitrogens with two attached hydrogens (primary N) is 1. The summed E-state index contributed by atoms with van der Waals surface area (Å²) in [5, 5.41) is 2.69. The Morgan fingerprint density at radius 2 is 2.05 bits per heavy atom. The van der Waals surface area contributed by atoms with Gasteiger partial charge in [0.15, 0.2) is 9.84 Å². The van der Waals surface area contributed by atoms with Crippen LogP contribution in [0.25, 0.3) is 0 Å². The van der Waals surface area contributed by atoms with Gasteiger partial charge in [0, 0.05) is 6.54 Å². The molecule has 104 valence electrons. The molecule has 1 atom stereocenters. The van der Waals surface area contributed by atoms with Gasteiger partial charge in [-0.05, 0) is 24.5 Å². The van der Waals surface area contributed by atoms with Crippen molar-refractivity contribution in [3.63, 3.8) is 0 Å². The first-order valence-corrected chi connectivity index (χ1v) is 8.39. The number of carbonyl (C=O) groups excluding carboxylic acids is 2. The monoisotopic (exact) mass is 302 g/mol. The lowest BCUT2D eigenvalue weighted by atomic mass is 10.1. The molecule has 0 bridgehead atoms. The average molecular weight is 302 g/mol. The molecule has 2 heterocycles. The van der Waals surface area contributed by atoms with E-state index in [4.69, 9.17) is 5.73 Å². The van der Waals surface area contributed by atoms with Gasteiger partial charge in [0.2, 0.25) is 0 Å². The van der Waals surface area contributed by atoms with E-state index in [2.05, 4.69) is 5.32 Å². The summed E-state index contributed by atoms with van der Waals surface area (Å²) in [7, 11) is -2.92. The fourth-order valence-electron chi connectivity index (χ4n) is 1.95. The number of primary amides is 1. The van der Waals surface area contributed by atoms with E-state index in [1.807, 2.05) is 0 Å². The van der Waals surface area contributed by atoms with Crippen LogP contribution in [-0.2, 0) is 9.84 Å². The largest absolute Gasteiger partial charge is 0.365 e. The predicted octanol–water partition coefficient (Wildman–Crippen LogP) is 0.0115. The maximum atomic E-state index is 11.8. The molecule has 0 unspecified atom stereocenters. The lowest BCUT2D eigenvalue weighted by Gasteiger charge is -2.08. The SMILES string of the molecule is NC(=O)c1ccc(C(=O)NC[C@@H]2CCS(=O)(=O)C2)s1. The standard InChI is InChI=1S/C11H14N2O4S2/c12-10(14)8-1-2-9(18-8)11(15)13-5-7-3-4-19(16,17)6-7/h1-2,7H,3-6H2,(H2,12,14)(H,13,15)/t7-/m0/s1. The highest BCUT2D eigenvalue weighted by Crippen LogP contribution is 2.19. The van der Waals surface area contributed by atoms with Crippen molar-refractivity contribution >= 4 is 33.0 Å². The minimum absolute atomic E-state index is 0.0236. The maximum absolute atomic E-state index is 11.8. The van der Waals surface area contributed by atoms with Crippen LogP contribution >= 0.6 is 11.3 Å². The van der Waals surface area contributed by atoms with Gasteiger partial charge in [0.1, 0.15) is 0 Å². The third-order valence-corrected chi connectivity index (χ3v) is 5.89. The smallest absolute Gasteiger partial charge is 0.261 e.